The second kappa shape index (κ2) is 19.3. The van der Waals surface area contributed by atoms with E-state index in [2.05, 4.69) is 34.7 Å². The van der Waals surface area contributed by atoms with Crippen LogP contribution in [0.15, 0.2) is 77.9 Å². The van der Waals surface area contributed by atoms with Crippen LogP contribution in [0.4, 0.5) is 8.78 Å². The maximum absolute atomic E-state index is 14.5. The largest absolute Gasteiger partial charge is 0.378 e. The van der Waals surface area contributed by atoms with Crippen molar-refractivity contribution in [1.82, 2.24) is 30.0 Å². The molecule has 15 heteroatoms. The van der Waals surface area contributed by atoms with E-state index in [1.165, 1.54) is 23.1 Å². The molecular weight excluding hydrogens is 784 g/mol. The van der Waals surface area contributed by atoms with Crippen molar-refractivity contribution in [3.8, 4) is 5.00 Å². The maximum atomic E-state index is 14.5. The van der Waals surface area contributed by atoms with Crippen LogP contribution in [0, 0.1) is 32.4 Å². The Bertz CT molecular complexity index is 2380. The molecule has 2 N–H and O–H groups in total. The Morgan fingerprint density at radius 2 is 1.57 bits per heavy atom. The molecule has 4 heterocycles. The first-order valence-corrected chi connectivity index (χ1v) is 20.4. The first-order valence-electron chi connectivity index (χ1n) is 19.2. The molecule has 0 saturated carbocycles. The number of benzene rings is 3. The summed E-state index contributed by atoms with van der Waals surface area (Å²) in [5, 5.41) is 17.7. The molecule has 7 rings (SSSR count). The summed E-state index contributed by atoms with van der Waals surface area (Å²) in [5.41, 5.74) is 6.45. The van der Waals surface area contributed by atoms with Gasteiger partial charge in [0.1, 0.15) is 28.5 Å². The number of aryl methyl sites for hydroxylation is 2. The molecule has 0 spiro atoms. The number of thiophene rings is 1. The first-order chi connectivity index (χ1) is 28.2. The second-order valence-corrected chi connectivity index (χ2v) is 15.7. The van der Waals surface area contributed by atoms with Crippen molar-refractivity contribution in [2.75, 3.05) is 52.7 Å². The number of ether oxygens (including phenoxy) is 3. The lowest BCUT2D eigenvalue weighted by Crippen LogP contribution is -2.29. The van der Waals surface area contributed by atoms with Gasteiger partial charge in [0.15, 0.2) is 5.82 Å². The maximum Gasteiger partial charge on any atom is 0.222 e. The number of fused-ring (bicyclic) bond motifs is 4. The number of nitrogens with one attached hydrogen (secondary N) is 2. The van der Waals surface area contributed by atoms with Gasteiger partial charge < -0.3 is 29.4 Å². The van der Waals surface area contributed by atoms with Crippen LogP contribution in [0.5, 0.6) is 0 Å². The molecule has 304 valence electrons. The Kier molecular flexibility index (Phi) is 13.7. The summed E-state index contributed by atoms with van der Waals surface area (Å²) >= 11 is 7.88. The van der Waals surface area contributed by atoms with Gasteiger partial charge in [-0.1, -0.05) is 35.9 Å². The lowest BCUT2D eigenvalue weighted by molar-refractivity contribution is -0.121. The first kappa shape index (κ1) is 41.3. The van der Waals surface area contributed by atoms with Crippen molar-refractivity contribution in [3.63, 3.8) is 0 Å². The number of carbonyl (C=O) groups excluding carboxylic acids is 1. The minimum absolute atomic E-state index is 0.101. The predicted molar refractivity (Wildman–Crippen MR) is 222 cm³/mol. The number of nitrogens with zero attached hydrogens (tertiary/aromatic N) is 5. The molecule has 1 aliphatic heterocycles. The number of aliphatic imine (C=N–C) groups is 1. The molecule has 0 saturated heterocycles. The minimum Gasteiger partial charge on any atom is -0.378 e. The van der Waals surface area contributed by atoms with E-state index < -0.39 is 6.04 Å². The van der Waals surface area contributed by atoms with Gasteiger partial charge in [-0.2, -0.15) is 0 Å². The molecule has 0 bridgehead atoms. The third kappa shape index (κ3) is 9.88. The topological polar surface area (TPSA) is 117 Å². The summed E-state index contributed by atoms with van der Waals surface area (Å²) in [4.78, 5) is 19.5. The Hall–Kier alpha value is -4.83. The molecule has 1 atom stereocenters. The van der Waals surface area contributed by atoms with Crippen LogP contribution in [0.1, 0.15) is 56.8 Å². The molecule has 1 amide bonds. The molecule has 0 aliphatic carbocycles. The van der Waals surface area contributed by atoms with Gasteiger partial charge in [0.05, 0.1) is 57.3 Å². The molecule has 11 nitrogen and oxygen atoms in total. The van der Waals surface area contributed by atoms with Crippen LogP contribution in [-0.2, 0) is 32.1 Å². The predicted octanol–water partition coefficient (Wildman–Crippen LogP) is 7.43. The normalized spacial score (nSPS) is 13.7. The molecular formula is C43H46ClF2N7O4S. The highest BCUT2D eigenvalue weighted by molar-refractivity contribution is 7.15. The zero-order valence-corrected chi connectivity index (χ0v) is 34.3. The number of carbonyl (C=O) groups is 1. The Morgan fingerprint density at radius 1 is 0.862 bits per heavy atom. The summed E-state index contributed by atoms with van der Waals surface area (Å²) in [6.45, 7) is 10.5. The van der Waals surface area contributed by atoms with Gasteiger partial charge in [0.2, 0.25) is 5.91 Å². The van der Waals surface area contributed by atoms with Gasteiger partial charge in [-0.15, -0.1) is 21.5 Å². The van der Waals surface area contributed by atoms with E-state index in [0.29, 0.717) is 76.7 Å². The average molecular weight is 830 g/mol. The quantitative estimate of drug-likeness (QED) is 0.0817. The lowest BCUT2D eigenvalue weighted by atomic mass is 9.99. The number of halogens is 3. The Balaban J connectivity index is 0.782. The highest BCUT2D eigenvalue weighted by atomic mass is 35.5. The van der Waals surface area contributed by atoms with Crippen LogP contribution in [0.25, 0.3) is 15.9 Å². The molecule has 0 fully saturated rings. The van der Waals surface area contributed by atoms with E-state index in [0.717, 1.165) is 55.3 Å². The number of rotatable bonds is 19. The average Bonchev–Trinajstić information content (AvgIpc) is 3.85. The Labute approximate surface area is 345 Å². The van der Waals surface area contributed by atoms with Crippen LogP contribution < -0.4 is 10.6 Å². The highest BCUT2D eigenvalue weighted by Gasteiger charge is 2.32. The molecule has 0 radical (unpaired) electrons. The van der Waals surface area contributed by atoms with Crippen LogP contribution in [0.3, 0.4) is 0 Å². The standard InChI is InChI=1S/C43H46ClF2N7O4S/c1-27-28(2)58-43-40(27)41(31-6-8-33(44)9-7-31)49-37(42-51-50-29(3)53(42)43)24-39(54)48-14-17-56-19-21-57-20-18-55-16-13-47-25-32-22-35(46)23-38-36(32)12-15-52(38)26-30-4-10-34(45)11-5-30/h4-12,15,22-23,37,47H,13-14,16-21,24-26H2,1-3H3,(H,48,54)/t37-/m0/s1. The van der Waals surface area contributed by atoms with Gasteiger partial charge in [-0.05, 0) is 79.9 Å². The van der Waals surface area contributed by atoms with E-state index in [4.69, 9.17) is 30.8 Å². The minimum atomic E-state index is -0.544. The third-order valence-corrected chi connectivity index (χ3v) is 11.4. The van der Waals surface area contributed by atoms with Crippen molar-refractivity contribution in [3.05, 3.63) is 134 Å². The van der Waals surface area contributed by atoms with E-state index in [1.807, 2.05) is 52.6 Å². The summed E-state index contributed by atoms with van der Waals surface area (Å²) in [5.74, 6) is 0.615. The van der Waals surface area contributed by atoms with Crippen LogP contribution in [-0.4, -0.2) is 83.7 Å². The van der Waals surface area contributed by atoms with Crippen molar-refractivity contribution in [1.29, 1.82) is 0 Å². The molecule has 58 heavy (non-hydrogen) atoms. The van der Waals surface area contributed by atoms with Crippen molar-refractivity contribution in [2.24, 2.45) is 4.99 Å². The van der Waals surface area contributed by atoms with E-state index in [1.54, 1.807) is 29.5 Å². The second-order valence-electron chi connectivity index (χ2n) is 14.0. The summed E-state index contributed by atoms with van der Waals surface area (Å²) < 4.78 is 48.8. The van der Waals surface area contributed by atoms with Gasteiger partial charge in [0, 0.05) is 58.8 Å². The smallest absolute Gasteiger partial charge is 0.222 e. The molecule has 3 aromatic carbocycles. The van der Waals surface area contributed by atoms with E-state index in [9.17, 15) is 13.6 Å². The molecule has 0 unspecified atom stereocenters. The van der Waals surface area contributed by atoms with Gasteiger partial charge in [-0.25, -0.2) is 8.78 Å². The monoisotopic (exact) mass is 829 g/mol. The summed E-state index contributed by atoms with van der Waals surface area (Å²) in [7, 11) is 0. The fourth-order valence-electron chi connectivity index (χ4n) is 6.96. The fraction of sp³-hybridized carbons (Fsp3) is 0.349. The van der Waals surface area contributed by atoms with Crippen LogP contribution in [0.2, 0.25) is 5.02 Å². The number of amides is 1. The Morgan fingerprint density at radius 3 is 2.31 bits per heavy atom. The number of aromatic nitrogens is 4. The zero-order valence-electron chi connectivity index (χ0n) is 32.7. The van der Waals surface area contributed by atoms with E-state index >= 15 is 0 Å². The van der Waals surface area contributed by atoms with Gasteiger partial charge in [0.25, 0.3) is 0 Å². The SMILES string of the molecule is Cc1sc2c(c1C)C(c1ccc(Cl)cc1)=N[C@@H](CC(=O)NCCOCCOCCOCCNCc1cc(F)cc3c1ccn3Cc1ccc(F)cc1)c1nnc(C)n1-2. The van der Waals surface area contributed by atoms with Crippen molar-refractivity contribution in [2.45, 2.75) is 46.3 Å². The van der Waals surface area contributed by atoms with E-state index in [-0.39, 0.29) is 24.0 Å². The van der Waals surface area contributed by atoms with Crippen molar-refractivity contribution >= 4 is 45.5 Å². The zero-order chi connectivity index (χ0) is 40.6. The molecule has 1 aliphatic rings. The van der Waals surface area contributed by atoms with Crippen LogP contribution >= 0.6 is 22.9 Å². The molecule has 6 aromatic rings. The number of hydrogen-bond acceptors (Lipinski definition) is 9. The third-order valence-electron chi connectivity index (χ3n) is 9.99. The highest BCUT2D eigenvalue weighted by Crippen LogP contribution is 2.39. The summed E-state index contributed by atoms with van der Waals surface area (Å²) in [6, 6.07) is 18.4. The van der Waals surface area contributed by atoms with Crippen molar-refractivity contribution < 1.29 is 27.8 Å². The van der Waals surface area contributed by atoms with Gasteiger partial charge in [-0.3, -0.25) is 14.4 Å². The lowest BCUT2D eigenvalue weighted by Gasteiger charge is -2.13. The molecule has 3 aromatic heterocycles. The van der Waals surface area contributed by atoms with Gasteiger partial charge >= 0.3 is 0 Å². The summed E-state index contributed by atoms with van der Waals surface area (Å²) in [6.07, 6.45) is 2.03. The fourth-order valence-corrected chi connectivity index (χ4v) is 8.30. The number of hydrogen-bond donors (Lipinski definition) is 2.